The molecule has 2 amide bonds. The minimum absolute atomic E-state index is 0.0574. The Labute approximate surface area is 186 Å². The largest absolute Gasteiger partial charge is 0.338 e. The van der Waals surface area contributed by atoms with E-state index in [1.807, 2.05) is 17.0 Å². The maximum absolute atomic E-state index is 12.5. The highest BCUT2D eigenvalue weighted by atomic mass is 32.2. The van der Waals surface area contributed by atoms with Crippen LogP contribution in [0.15, 0.2) is 77.8 Å². The minimum atomic E-state index is -3.78. The summed E-state index contributed by atoms with van der Waals surface area (Å²) in [4.78, 5) is 30.1. The van der Waals surface area contributed by atoms with Crippen LogP contribution in [0.2, 0.25) is 0 Å². The number of carbonyl (C=O) groups is 2. The number of anilines is 2. The molecule has 164 valence electrons. The lowest BCUT2D eigenvalue weighted by atomic mass is 10.1. The standard InChI is InChI=1S/C23H22N4O4S/c28-22-5-3-15-27(22)16-17-6-8-18(9-7-17)23(29)25-19-10-12-20(13-11-19)32(30,31)26-21-4-1-2-14-24-21/h1-2,4,6-14H,3,5,15-16H2,(H,24,26)(H,25,29). The predicted molar refractivity (Wildman–Crippen MR) is 121 cm³/mol. The molecule has 0 saturated carbocycles. The van der Waals surface area contributed by atoms with Gasteiger partial charge in [-0.2, -0.15) is 0 Å². The lowest BCUT2D eigenvalue weighted by Crippen LogP contribution is -2.23. The molecule has 32 heavy (non-hydrogen) atoms. The number of carbonyl (C=O) groups excluding carboxylic acids is 2. The van der Waals surface area contributed by atoms with Crippen molar-refractivity contribution in [3.05, 3.63) is 84.1 Å². The van der Waals surface area contributed by atoms with Crippen molar-refractivity contribution in [3.8, 4) is 0 Å². The zero-order valence-corrected chi connectivity index (χ0v) is 18.0. The van der Waals surface area contributed by atoms with E-state index in [4.69, 9.17) is 0 Å². The zero-order chi connectivity index (χ0) is 22.6. The van der Waals surface area contributed by atoms with Gasteiger partial charge in [0.15, 0.2) is 0 Å². The minimum Gasteiger partial charge on any atom is -0.338 e. The first-order valence-corrected chi connectivity index (χ1v) is 11.6. The normalized spacial score (nSPS) is 13.8. The van der Waals surface area contributed by atoms with E-state index in [2.05, 4.69) is 15.0 Å². The molecule has 1 aliphatic rings. The first-order valence-electron chi connectivity index (χ1n) is 10.1. The Hall–Kier alpha value is -3.72. The Morgan fingerprint density at radius 1 is 1.00 bits per heavy atom. The summed E-state index contributed by atoms with van der Waals surface area (Å²) in [5.41, 5.74) is 1.90. The number of rotatable bonds is 7. The third-order valence-electron chi connectivity index (χ3n) is 5.09. The predicted octanol–water partition coefficient (Wildman–Crippen LogP) is 3.26. The molecule has 0 bridgehead atoms. The molecule has 2 N–H and O–H groups in total. The van der Waals surface area contributed by atoms with Gasteiger partial charge in [-0.1, -0.05) is 18.2 Å². The molecule has 1 saturated heterocycles. The fourth-order valence-corrected chi connectivity index (χ4v) is 4.40. The summed E-state index contributed by atoms with van der Waals surface area (Å²) in [6.45, 7) is 1.31. The van der Waals surface area contributed by atoms with Gasteiger partial charge in [0.25, 0.3) is 15.9 Å². The van der Waals surface area contributed by atoms with Gasteiger partial charge in [-0.15, -0.1) is 0 Å². The Bertz CT molecular complexity index is 1210. The summed E-state index contributed by atoms with van der Waals surface area (Å²) in [6, 6.07) is 17.9. The summed E-state index contributed by atoms with van der Waals surface area (Å²) in [5.74, 6) is 0.0750. The first-order chi connectivity index (χ1) is 15.4. The average molecular weight is 451 g/mol. The molecule has 1 aliphatic heterocycles. The molecule has 2 heterocycles. The zero-order valence-electron chi connectivity index (χ0n) is 17.2. The van der Waals surface area contributed by atoms with Crippen LogP contribution in [0.3, 0.4) is 0 Å². The van der Waals surface area contributed by atoms with Gasteiger partial charge >= 0.3 is 0 Å². The van der Waals surface area contributed by atoms with Gasteiger partial charge in [0, 0.05) is 37.0 Å². The van der Waals surface area contributed by atoms with Crippen molar-refractivity contribution in [1.29, 1.82) is 0 Å². The van der Waals surface area contributed by atoms with Gasteiger partial charge < -0.3 is 10.2 Å². The van der Waals surface area contributed by atoms with Gasteiger partial charge in [-0.3, -0.25) is 14.3 Å². The third-order valence-corrected chi connectivity index (χ3v) is 6.46. The number of hydrogen-bond donors (Lipinski definition) is 2. The maximum atomic E-state index is 12.5. The summed E-state index contributed by atoms with van der Waals surface area (Å²) >= 11 is 0. The monoisotopic (exact) mass is 450 g/mol. The summed E-state index contributed by atoms with van der Waals surface area (Å²) < 4.78 is 27.3. The number of nitrogens with zero attached hydrogens (tertiary/aromatic N) is 2. The van der Waals surface area contributed by atoms with Crippen molar-refractivity contribution in [2.45, 2.75) is 24.3 Å². The number of aromatic nitrogens is 1. The first kappa shape index (κ1) is 21.5. The number of pyridine rings is 1. The van der Waals surface area contributed by atoms with E-state index in [-0.39, 0.29) is 22.5 Å². The second-order valence-corrected chi connectivity index (χ2v) is 9.10. The average Bonchev–Trinajstić information content (AvgIpc) is 3.19. The number of sulfonamides is 1. The molecular formula is C23H22N4O4S. The van der Waals surface area contributed by atoms with Gasteiger partial charge in [-0.25, -0.2) is 13.4 Å². The lowest BCUT2D eigenvalue weighted by molar-refractivity contribution is -0.128. The molecule has 0 aliphatic carbocycles. The van der Waals surface area contributed by atoms with Gasteiger partial charge in [0.2, 0.25) is 5.91 Å². The topological polar surface area (TPSA) is 108 Å². The van der Waals surface area contributed by atoms with E-state index in [1.54, 1.807) is 30.3 Å². The molecule has 1 fully saturated rings. The molecular weight excluding hydrogens is 428 g/mol. The maximum Gasteiger partial charge on any atom is 0.263 e. The van der Waals surface area contributed by atoms with Crippen molar-refractivity contribution in [1.82, 2.24) is 9.88 Å². The van der Waals surface area contributed by atoms with E-state index in [9.17, 15) is 18.0 Å². The fraction of sp³-hybridized carbons (Fsp3) is 0.174. The van der Waals surface area contributed by atoms with Crippen LogP contribution in [0.25, 0.3) is 0 Å². The highest BCUT2D eigenvalue weighted by Crippen LogP contribution is 2.19. The molecule has 2 aromatic carbocycles. The smallest absolute Gasteiger partial charge is 0.263 e. The van der Waals surface area contributed by atoms with E-state index >= 15 is 0 Å². The number of hydrogen-bond acceptors (Lipinski definition) is 5. The number of amides is 2. The van der Waals surface area contributed by atoms with Gasteiger partial charge in [0.05, 0.1) is 4.90 Å². The highest BCUT2D eigenvalue weighted by Gasteiger charge is 2.20. The van der Waals surface area contributed by atoms with Crippen LogP contribution in [0.4, 0.5) is 11.5 Å². The van der Waals surface area contributed by atoms with Crippen molar-refractivity contribution in [2.24, 2.45) is 0 Å². The number of nitrogens with one attached hydrogen (secondary N) is 2. The molecule has 9 heteroatoms. The molecule has 3 aromatic rings. The number of likely N-dealkylation sites (tertiary alicyclic amines) is 1. The van der Waals surface area contributed by atoms with E-state index < -0.39 is 10.0 Å². The quantitative estimate of drug-likeness (QED) is 0.574. The van der Waals surface area contributed by atoms with E-state index in [0.29, 0.717) is 24.2 Å². The fourth-order valence-electron chi connectivity index (χ4n) is 3.39. The summed E-state index contributed by atoms with van der Waals surface area (Å²) in [5, 5.41) is 2.76. The Balaban J connectivity index is 1.37. The van der Waals surface area contributed by atoms with Crippen molar-refractivity contribution in [2.75, 3.05) is 16.6 Å². The second-order valence-electron chi connectivity index (χ2n) is 7.41. The summed E-state index contributed by atoms with van der Waals surface area (Å²) in [7, 11) is -3.78. The highest BCUT2D eigenvalue weighted by molar-refractivity contribution is 7.92. The van der Waals surface area contributed by atoms with Crippen LogP contribution in [-0.2, 0) is 21.4 Å². The molecule has 0 radical (unpaired) electrons. The van der Waals surface area contributed by atoms with Crippen LogP contribution >= 0.6 is 0 Å². The van der Waals surface area contributed by atoms with E-state index in [0.717, 1.165) is 18.5 Å². The molecule has 8 nitrogen and oxygen atoms in total. The SMILES string of the molecule is O=C(Nc1ccc(S(=O)(=O)Nc2ccccn2)cc1)c1ccc(CN2CCCC2=O)cc1. The van der Waals surface area contributed by atoms with Gasteiger partial charge in [0.1, 0.15) is 5.82 Å². The van der Waals surface area contributed by atoms with Crippen LogP contribution in [0.5, 0.6) is 0 Å². The molecule has 0 atom stereocenters. The molecule has 4 rings (SSSR count). The number of benzene rings is 2. The summed E-state index contributed by atoms with van der Waals surface area (Å²) in [6.07, 6.45) is 2.98. The molecule has 0 unspecified atom stereocenters. The lowest BCUT2D eigenvalue weighted by Gasteiger charge is -2.15. The Kier molecular flexibility index (Phi) is 6.18. The van der Waals surface area contributed by atoms with E-state index in [1.165, 1.54) is 30.5 Å². The van der Waals surface area contributed by atoms with Crippen LogP contribution in [-0.4, -0.2) is 36.7 Å². The second kappa shape index (κ2) is 9.19. The van der Waals surface area contributed by atoms with Crippen molar-refractivity contribution < 1.29 is 18.0 Å². The Morgan fingerprint density at radius 3 is 2.38 bits per heavy atom. The third kappa shape index (κ3) is 5.12. The van der Waals surface area contributed by atoms with Crippen LogP contribution < -0.4 is 10.0 Å². The Morgan fingerprint density at radius 2 is 1.75 bits per heavy atom. The molecule has 1 aromatic heterocycles. The molecule has 0 spiro atoms. The van der Waals surface area contributed by atoms with Crippen molar-refractivity contribution in [3.63, 3.8) is 0 Å². The van der Waals surface area contributed by atoms with Crippen molar-refractivity contribution >= 4 is 33.3 Å². The van der Waals surface area contributed by atoms with Crippen LogP contribution in [0, 0.1) is 0 Å². The van der Waals surface area contributed by atoms with Gasteiger partial charge in [-0.05, 0) is 60.5 Å². The van der Waals surface area contributed by atoms with Crippen LogP contribution in [0.1, 0.15) is 28.8 Å².